The van der Waals surface area contributed by atoms with E-state index in [2.05, 4.69) is 10.1 Å². The van der Waals surface area contributed by atoms with Crippen molar-refractivity contribution in [3.63, 3.8) is 0 Å². The highest BCUT2D eigenvalue weighted by atomic mass is 32.2. The molecule has 0 aliphatic heterocycles. The van der Waals surface area contributed by atoms with Crippen LogP contribution in [0.3, 0.4) is 0 Å². The summed E-state index contributed by atoms with van der Waals surface area (Å²) in [5, 5.41) is 12.3. The van der Waals surface area contributed by atoms with Crippen LogP contribution in [0.15, 0.2) is 34.6 Å². The lowest BCUT2D eigenvalue weighted by molar-refractivity contribution is 0.685. The molecule has 0 fully saturated rings. The van der Waals surface area contributed by atoms with E-state index in [-0.39, 0.29) is 5.84 Å². The monoisotopic (exact) mass is 247 g/mol. The summed E-state index contributed by atoms with van der Waals surface area (Å²) in [4.78, 5) is 5.07. The van der Waals surface area contributed by atoms with Gasteiger partial charge in [0.25, 0.3) is 0 Å². The van der Waals surface area contributed by atoms with E-state index in [1.54, 1.807) is 4.68 Å². The topological polar surface area (TPSA) is 80.6 Å². The zero-order chi connectivity index (χ0) is 12.4. The summed E-state index contributed by atoms with van der Waals surface area (Å²) in [5.41, 5.74) is 7.41. The van der Waals surface area contributed by atoms with Gasteiger partial charge in [0.05, 0.1) is 0 Å². The summed E-state index contributed by atoms with van der Waals surface area (Å²) >= 11 is 1.46. The Morgan fingerprint density at radius 2 is 2.24 bits per heavy atom. The highest BCUT2D eigenvalue weighted by Gasteiger charge is 2.10. The maximum Gasteiger partial charge on any atom is 0.190 e. The van der Waals surface area contributed by atoms with Crippen LogP contribution in [0.2, 0.25) is 0 Å². The first-order valence-corrected chi connectivity index (χ1v) is 5.86. The second kappa shape index (κ2) is 4.58. The number of benzene rings is 1. The Labute approximate surface area is 104 Å². The number of nitrogen functional groups attached to an aromatic ring is 1. The van der Waals surface area contributed by atoms with Crippen LogP contribution >= 0.6 is 11.8 Å². The maximum absolute atomic E-state index is 7.55. The number of aromatic nitrogens is 3. The van der Waals surface area contributed by atoms with Crippen LogP contribution in [-0.4, -0.2) is 20.6 Å². The third-order valence-corrected chi connectivity index (χ3v) is 3.41. The molecule has 1 heterocycles. The van der Waals surface area contributed by atoms with Gasteiger partial charge in [-0.3, -0.25) is 5.41 Å². The fourth-order valence-corrected chi connectivity index (χ4v) is 2.42. The van der Waals surface area contributed by atoms with Gasteiger partial charge in [-0.1, -0.05) is 6.07 Å². The molecule has 0 amide bonds. The average molecular weight is 247 g/mol. The van der Waals surface area contributed by atoms with E-state index in [1.165, 1.54) is 18.1 Å². The van der Waals surface area contributed by atoms with Gasteiger partial charge in [-0.05, 0) is 36.4 Å². The molecule has 0 atom stereocenters. The lowest BCUT2D eigenvalue weighted by Crippen LogP contribution is -2.12. The normalized spacial score (nSPS) is 10.5. The molecule has 0 aliphatic rings. The van der Waals surface area contributed by atoms with Crippen LogP contribution < -0.4 is 5.73 Å². The molecule has 5 nitrogen and oxygen atoms in total. The van der Waals surface area contributed by atoms with Crippen molar-refractivity contribution in [1.82, 2.24) is 14.8 Å². The number of hydrogen-bond acceptors (Lipinski definition) is 4. The molecule has 0 saturated heterocycles. The third-order valence-electron chi connectivity index (χ3n) is 2.30. The number of aryl methyl sites for hydroxylation is 2. The molecule has 0 aliphatic carbocycles. The molecule has 0 bridgehead atoms. The summed E-state index contributed by atoms with van der Waals surface area (Å²) in [6.45, 7) is 2.00. The predicted molar refractivity (Wildman–Crippen MR) is 67.3 cm³/mol. The Bertz CT molecular complexity index is 561. The smallest absolute Gasteiger partial charge is 0.190 e. The minimum Gasteiger partial charge on any atom is -0.384 e. The number of amidine groups is 1. The molecule has 3 N–H and O–H groups in total. The van der Waals surface area contributed by atoms with E-state index in [0.29, 0.717) is 0 Å². The summed E-state index contributed by atoms with van der Waals surface area (Å²) < 4.78 is 1.69. The van der Waals surface area contributed by atoms with Gasteiger partial charge < -0.3 is 5.73 Å². The van der Waals surface area contributed by atoms with Gasteiger partial charge in [0.15, 0.2) is 5.16 Å². The van der Waals surface area contributed by atoms with Crippen molar-refractivity contribution < 1.29 is 0 Å². The predicted octanol–water partition coefficient (Wildman–Crippen LogP) is 1.56. The minimum atomic E-state index is 0.0645. The zero-order valence-electron chi connectivity index (χ0n) is 9.64. The van der Waals surface area contributed by atoms with E-state index < -0.39 is 0 Å². The third kappa shape index (κ3) is 2.47. The highest BCUT2D eigenvalue weighted by molar-refractivity contribution is 7.99. The Morgan fingerprint density at radius 3 is 2.82 bits per heavy atom. The van der Waals surface area contributed by atoms with Gasteiger partial charge in [0.2, 0.25) is 0 Å². The number of rotatable bonds is 3. The summed E-state index contributed by atoms with van der Waals surface area (Å²) in [6.07, 6.45) is 1.51. The first-order chi connectivity index (χ1) is 8.08. The van der Waals surface area contributed by atoms with Crippen molar-refractivity contribution in [2.75, 3.05) is 0 Å². The lowest BCUT2D eigenvalue weighted by Gasteiger charge is -2.08. The fourth-order valence-electron chi connectivity index (χ4n) is 1.41. The molecule has 0 saturated carbocycles. The van der Waals surface area contributed by atoms with Crippen molar-refractivity contribution in [1.29, 1.82) is 5.41 Å². The van der Waals surface area contributed by atoms with Gasteiger partial charge in [-0.15, -0.1) is 0 Å². The standard InChI is InChI=1S/C11H13N5S/c1-7-3-4-8(10(12)13)9(5-7)17-11-14-6-15-16(11)2/h3-6H,1-2H3,(H3,12,13). The molecular weight excluding hydrogens is 234 g/mol. The van der Waals surface area contributed by atoms with Crippen molar-refractivity contribution in [3.05, 3.63) is 35.7 Å². The highest BCUT2D eigenvalue weighted by Crippen LogP contribution is 2.29. The van der Waals surface area contributed by atoms with Crippen molar-refractivity contribution >= 4 is 17.6 Å². The van der Waals surface area contributed by atoms with Crippen LogP contribution in [0.1, 0.15) is 11.1 Å². The second-order valence-corrected chi connectivity index (χ2v) is 4.69. The van der Waals surface area contributed by atoms with E-state index in [9.17, 15) is 0 Å². The molecule has 1 aromatic carbocycles. The number of hydrogen-bond donors (Lipinski definition) is 2. The van der Waals surface area contributed by atoms with Crippen molar-refractivity contribution in [2.24, 2.45) is 12.8 Å². The first kappa shape index (κ1) is 11.7. The molecule has 0 spiro atoms. The van der Waals surface area contributed by atoms with Gasteiger partial charge in [-0.25, -0.2) is 9.67 Å². The van der Waals surface area contributed by atoms with E-state index in [1.807, 2.05) is 32.2 Å². The first-order valence-electron chi connectivity index (χ1n) is 5.05. The van der Waals surface area contributed by atoms with Crippen LogP contribution in [0, 0.1) is 12.3 Å². The molecule has 1 aromatic heterocycles. The van der Waals surface area contributed by atoms with Gasteiger partial charge in [0.1, 0.15) is 12.2 Å². The van der Waals surface area contributed by atoms with Gasteiger partial charge in [-0.2, -0.15) is 5.10 Å². The maximum atomic E-state index is 7.55. The van der Waals surface area contributed by atoms with Crippen molar-refractivity contribution in [3.8, 4) is 0 Å². The fraction of sp³-hybridized carbons (Fsp3) is 0.182. The number of nitrogens with zero attached hydrogens (tertiary/aromatic N) is 3. The lowest BCUT2D eigenvalue weighted by atomic mass is 10.1. The molecule has 0 radical (unpaired) electrons. The van der Waals surface area contributed by atoms with E-state index in [0.717, 1.165) is 21.2 Å². The number of nitrogens with one attached hydrogen (secondary N) is 1. The average Bonchev–Trinajstić information content (AvgIpc) is 2.64. The van der Waals surface area contributed by atoms with E-state index >= 15 is 0 Å². The molecule has 2 aromatic rings. The molecular formula is C11H13N5S. The number of nitrogens with two attached hydrogens (primary N) is 1. The Hall–Kier alpha value is -1.82. The molecule has 88 valence electrons. The summed E-state index contributed by atoms with van der Waals surface area (Å²) in [5.74, 6) is 0.0645. The van der Waals surface area contributed by atoms with Crippen LogP contribution in [0.25, 0.3) is 0 Å². The molecule has 2 rings (SSSR count). The van der Waals surface area contributed by atoms with Crippen molar-refractivity contribution in [2.45, 2.75) is 17.0 Å². The Balaban J connectivity index is 2.41. The molecule has 6 heteroatoms. The zero-order valence-corrected chi connectivity index (χ0v) is 10.5. The van der Waals surface area contributed by atoms with Crippen LogP contribution in [0.5, 0.6) is 0 Å². The molecule has 0 unspecified atom stereocenters. The second-order valence-electron chi connectivity index (χ2n) is 3.68. The summed E-state index contributed by atoms with van der Waals surface area (Å²) in [7, 11) is 1.83. The van der Waals surface area contributed by atoms with E-state index in [4.69, 9.17) is 11.1 Å². The quantitative estimate of drug-likeness (QED) is 0.637. The SMILES string of the molecule is Cc1ccc(C(=N)N)c(Sc2ncnn2C)c1. The van der Waals surface area contributed by atoms with Crippen LogP contribution in [-0.2, 0) is 7.05 Å². The van der Waals surface area contributed by atoms with Crippen LogP contribution in [0.4, 0.5) is 0 Å². The Morgan fingerprint density at radius 1 is 1.47 bits per heavy atom. The minimum absolute atomic E-state index is 0.0645. The van der Waals surface area contributed by atoms with Gasteiger partial charge in [0, 0.05) is 17.5 Å². The molecule has 17 heavy (non-hydrogen) atoms. The largest absolute Gasteiger partial charge is 0.384 e. The summed E-state index contributed by atoms with van der Waals surface area (Å²) in [6, 6.07) is 5.80. The van der Waals surface area contributed by atoms with Gasteiger partial charge >= 0.3 is 0 Å². The Kier molecular flexibility index (Phi) is 3.14.